The summed E-state index contributed by atoms with van der Waals surface area (Å²) in [6.07, 6.45) is 1.78. The van der Waals surface area contributed by atoms with Gasteiger partial charge in [-0.3, -0.25) is 0 Å². The van der Waals surface area contributed by atoms with E-state index in [1.54, 1.807) is 18.3 Å². The molecule has 3 aromatic rings. The number of halogens is 1. The lowest BCUT2D eigenvalue weighted by atomic mass is 10.1. The van der Waals surface area contributed by atoms with Crippen molar-refractivity contribution in [3.05, 3.63) is 77.2 Å². The first kappa shape index (κ1) is 19.2. The fourth-order valence-corrected chi connectivity index (χ4v) is 3.62. The van der Waals surface area contributed by atoms with Crippen LogP contribution in [0.5, 0.6) is 0 Å². The van der Waals surface area contributed by atoms with Gasteiger partial charge < -0.3 is 15.1 Å². The van der Waals surface area contributed by atoms with E-state index in [-0.39, 0.29) is 5.82 Å². The molecule has 0 unspecified atom stereocenters. The molecule has 0 spiro atoms. The average molecular weight is 391 g/mol. The third-order valence-electron chi connectivity index (χ3n) is 5.51. The molecule has 6 heteroatoms. The Bertz CT molecular complexity index is 965. The standard InChI is InChI=1S/C23H26FN5/c1-17-4-3-5-21(18(17)2)28-12-14-29(15-13-28)23-25-11-10-22(27-23)26-16-19-6-8-20(24)9-7-19/h3-11H,12-16H2,1-2H3,(H,25,26,27). The zero-order chi connectivity index (χ0) is 20.2. The Morgan fingerprint density at radius 3 is 2.41 bits per heavy atom. The SMILES string of the molecule is Cc1cccc(N2CCN(c3nccc(NCc4ccc(F)cc4)n3)CC2)c1C. The fourth-order valence-electron chi connectivity index (χ4n) is 3.62. The average Bonchev–Trinajstić information content (AvgIpc) is 2.76. The van der Waals surface area contributed by atoms with Crippen LogP contribution >= 0.6 is 0 Å². The molecule has 0 saturated carbocycles. The van der Waals surface area contributed by atoms with Crippen molar-refractivity contribution in [2.24, 2.45) is 0 Å². The number of rotatable bonds is 5. The van der Waals surface area contributed by atoms with Crippen LogP contribution in [0, 0.1) is 19.7 Å². The molecular weight excluding hydrogens is 365 g/mol. The highest BCUT2D eigenvalue weighted by molar-refractivity contribution is 5.57. The van der Waals surface area contributed by atoms with Crippen LogP contribution < -0.4 is 15.1 Å². The van der Waals surface area contributed by atoms with E-state index in [2.05, 4.69) is 57.1 Å². The van der Waals surface area contributed by atoms with E-state index in [1.165, 1.54) is 28.9 Å². The molecule has 0 bridgehead atoms. The highest BCUT2D eigenvalue weighted by atomic mass is 19.1. The number of hydrogen-bond donors (Lipinski definition) is 1. The minimum absolute atomic E-state index is 0.224. The number of nitrogens with one attached hydrogen (secondary N) is 1. The normalized spacial score (nSPS) is 14.2. The number of nitrogens with zero attached hydrogens (tertiary/aromatic N) is 4. The van der Waals surface area contributed by atoms with Gasteiger partial charge in [0.05, 0.1) is 0 Å². The van der Waals surface area contributed by atoms with Crippen molar-refractivity contribution in [1.82, 2.24) is 9.97 Å². The third-order valence-corrected chi connectivity index (χ3v) is 5.51. The number of aromatic nitrogens is 2. The highest BCUT2D eigenvalue weighted by Crippen LogP contribution is 2.24. The van der Waals surface area contributed by atoms with E-state index in [1.807, 2.05) is 6.07 Å². The van der Waals surface area contributed by atoms with Gasteiger partial charge in [0, 0.05) is 44.6 Å². The van der Waals surface area contributed by atoms with Gasteiger partial charge in [0.25, 0.3) is 0 Å². The first-order chi connectivity index (χ1) is 14.1. The van der Waals surface area contributed by atoms with Gasteiger partial charge in [-0.1, -0.05) is 24.3 Å². The predicted octanol–water partition coefficient (Wildman–Crippen LogP) is 4.17. The van der Waals surface area contributed by atoms with Crippen LogP contribution in [0.25, 0.3) is 0 Å². The Kier molecular flexibility index (Phi) is 5.60. The summed E-state index contributed by atoms with van der Waals surface area (Å²) in [6, 6.07) is 14.8. The number of hydrogen-bond acceptors (Lipinski definition) is 5. The van der Waals surface area contributed by atoms with Crippen LogP contribution in [0.2, 0.25) is 0 Å². The molecule has 1 saturated heterocycles. The second-order valence-electron chi connectivity index (χ2n) is 7.42. The molecule has 2 heterocycles. The Morgan fingerprint density at radius 1 is 0.931 bits per heavy atom. The van der Waals surface area contributed by atoms with E-state index >= 15 is 0 Å². The van der Waals surface area contributed by atoms with Crippen LogP contribution in [0.1, 0.15) is 16.7 Å². The Hall–Kier alpha value is -3.15. The van der Waals surface area contributed by atoms with Crippen LogP contribution in [0.3, 0.4) is 0 Å². The van der Waals surface area contributed by atoms with Crippen molar-refractivity contribution in [1.29, 1.82) is 0 Å². The highest BCUT2D eigenvalue weighted by Gasteiger charge is 2.20. The first-order valence-corrected chi connectivity index (χ1v) is 9.97. The van der Waals surface area contributed by atoms with E-state index in [0.717, 1.165) is 43.5 Å². The monoisotopic (exact) mass is 391 g/mol. The lowest BCUT2D eigenvalue weighted by Crippen LogP contribution is -2.47. The quantitative estimate of drug-likeness (QED) is 0.707. The first-order valence-electron chi connectivity index (χ1n) is 9.97. The van der Waals surface area contributed by atoms with Crippen molar-refractivity contribution in [2.75, 3.05) is 41.3 Å². The molecule has 0 amide bonds. The van der Waals surface area contributed by atoms with Gasteiger partial charge in [-0.15, -0.1) is 0 Å². The van der Waals surface area contributed by atoms with Gasteiger partial charge in [-0.2, -0.15) is 4.98 Å². The lowest BCUT2D eigenvalue weighted by molar-refractivity contribution is 0.627. The van der Waals surface area contributed by atoms with Crippen LogP contribution in [-0.2, 0) is 6.54 Å². The molecular formula is C23H26FN5. The third kappa shape index (κ3) is 4.47. The summed E-state index contributed by atoms with van der Waals surface area (Å²) >= 11 is 0. The molecule has 2 aromatic carbocycles. The molecule has 5 nitrogen and oxygen atoms in total. The van der Waals surface area contributed by atoms with Crippen LogP contribution in [0.4, 0.5) is 21.8 Å². The van der Waals surface area contributed by atoms with E-state index in [4.69, 9.17) is 0 Å². The zero-order valence-electron chi connectivity index (χ0n) is 16.9. The molecule has 29 heavy (non-hydrogen) atoms. The maximum Gasteiger partial charge on any atom is 0.227 e. The molecule has 1 aliphatic heterocycles. The van der Waals surface area contributed by atoms with Crippen molar-refractivity contribution in [2.45, 2.75) is 20.4 Å². The minimum atomic E-state index is -0.224. The van der Waals surface area contributed by atoms with Gasteiger partial charge in [-0.05, 0) is 54.8 Å². The Labute approximate surface area is 171 Å². The smallest absolute Gasteiger partial charge is 0.227 e. The summed E-state index contributed by atoms with van der Waals surface area (Å²) in [5.74, 6) is 1.30. The minimum Gasteiger partial charge on any atom is -0.368 e. The van der Waals surface area contributed by atoms with Gasteiger partial charge in [0.2, 0.25) is 5.95 Å². The summed E-state index contributed by atoms with van der Waals surface area (Å²) in [6.45, 7) is 8.60. The van der Waals surface area contributed by atoms with E-state index in [9.17, 15) is 4.39 Å². The van der Waals surface area contributed by atoms with Crippen molar-refractivity contribution in [3.63, 3.8) is 0 Å². The molecule has 4 rings (SSSR count). The molecule has 1 aromatic heterocycles. The number of anilines is 3. The van der Waals surface area contributed by atoms with E-state index in [0.29, 0.717) is 6.54 Å². The van der Waals surface area contributed by atoms with Crippen molar-refractivity contribution >= 4 is 17.5 Å². The summed E-state index contributed by atoms with van der Waals surface area (Å²) in [7, 11) is 0. The van der Waals surface area contributed by atoms with Crippen molar-refractivity contribution in [3.8, 4) is 0 Å². The van der Waals surface area contributed by atoms with Crippen LogP contribution in [0.15, 0.2) is 54.7 Å². The van der Waals surface area contributed by atoms with Gasteiger partial charge >= 0.3 is 0 Å². The second-order valence-corrected chi connectivity index (χ2v) is 7.42. The number of piperazine rings is 1. The molecule has 0 aliphatic carbocycles. The molecule has 1 aliphatic rings. The molecule has 1 fully saturated rings. The summed E-state index contributed by atoms with van der Waals surface area (Å²) in [5, 5.41) is 3.30. The summed E-state index contributed by atoms with van der Waals surface area (Å²) in [4.78, 5) is 13.8. The molecule has 150 valence electrons. The second kappa shape index (κ2) is 8.47. The van der Waals surface area contributed by atoms with Gasteiger partial charge in [0.1, 0.15) is 11.6 Å². The van der Waals surface area contributed by atoms with Crippen LogP contribution in [-0.4, -0.2) is 36.1 Å². The largest absolute Gasteiger partial charge is 0.368 e. The predicted molar refractivity (Wildman–Crippen MR) is 116 cm³/mol. The summed E-state index contributed by atoms with van der Waals surface area (Å²) < 4.78 is 13.0. The fraction of sp³-hybridized carbons (Fsp3) is 0.304. The van der Waals surface area contributed by atoms with Crippen molar-refractivity contribution < 1.29 is 4.39 Å². The van der Waals surface area contributed by atoms with Gasteiger partial charge in [-0.25, -0.2) is 9.37 Å². The van der Waals surface area contributed by atoms with Gasteiger partial charge in [0.15, 0.2) is 0 Å². The Morgan fingerprint density at radius 2 is 1.66 bits per heavy atom. The zero-order valence-corrected chi connectivity index (χ0v) is 16.9. The summed E-state index contributed by atoms with van der Waals surface area (Å²) in [5.41, 5.74) is 5.01. The maximum atomic E-state index is 13.0. The number of benzene rings is 2. The lowest BCUT2D eigenvalue weighted by Gasteiger charge is -2.37. The molecule has 0 atom stereocenters. The topological polar surface area (TPSA) is 44.3 Å². The van der Waals surface area contributed by atoms with E-state index < -0.39 is 0 Å². The Balaban J connectivity index is 1.38. The number of aryl methyl sites for hydroxylation is 1. The molecule has 1 N–H and O–H groups in total. The molecule has 0 radical (unpaired) electrons. The maximum absolute atomic E-state index is 13.0.